The van der Waals surface area contributed by atoms with Gasteiger partial charge in [0.05, 0.1) is 0 Å². The van der Waals surface area contributed by atoms with Crippen molar-refractivity contribution in [1.29, 1.82) is 0 Å². The van der Waals surface area contributed by atoms with Gasteiger partial charge in [0.1, 0.15) is 0 Å². The van der Waals surface area contributed by atoms with E-state index in [1.165, 1.54) is 18.4 Å². The summed E-state index contributed by atoms with van der Waals surface area (Å²) in [5, 5.41) is 4.62. The Kier molecular flexibility index (Phi) is 3.61. The Bertz CT molecular complexity index is 591. The molecule has 0 amide bonds. The minimum Gasteiger partial charge on any atom is -0.335 e. The number of aromatic nitrogens is 3. The number of fused-ring (bicyclic) bond motifs is 1. The van der Waals surface area contributed by atoms with Gasteiger partial charge in [0.2, 0.25) is 5.95 Å². The summed E-state index contributed by atoms with van der Waals surface area (Å²) in [5.41, 5.74) is 8.05. The fourth-order valence-electron chi connectivity index (χ4n) is 3.09. The third kappa shape index (κ3) is 2.38. The third-order valence-electron chi connectivity index (χ3n) is 4.40. The van der Waals surface area contributed by atoms with Gasteiger partial charge >= 0.3 is 0 Å². The number of rotatable bonds is 3. The Morgan fingerprint density at radius 1 is 1.40 bits per heavy atom. The van der Waals surface area contributed by atoms with Gasteiger partial charge in [0, 0.05) is 25.3 Å². The maximum absolute atomic E-state index is 5.96. The molecule has 108 valence electrons. The lowest BCUT2D eigenvalue weighted by Gasteiger charge is -2.38. The van der Waals surface area contributed by atoms with E-state index in [4.69, 9.17) is 5.73 Å². The molecule has 0 aliphatic carbocycles. The molecule has 2 atom stereocenters. The largest absolute Gasteiger partial charge is 0.335 e. The minimum absolute atomic E-state index is 0.368. The molecule has 0 bridgehead atoms. The van der Waals surface area contributed by atoms with Crippen LogP contribution >= 0.6 is 0 Å². The van der Waals surface area contributed by atoms with Crippen LogP contribution < -0.4 is 10.6 Å². The Morgan fingerprint density at radius 2 is 2.25 bits per heavy atom. The first-order valence-corrected chi connectivity index (χ1v) is 7.51. The molecule has 2 unspecified atom stereocenters. The highest BCUT2D eigenvalue weighted by atomic mass is 15.4. The molecule has 3 rings (SSSR count). The fourth-order valence-corrected chi connectivity index (χ4v) is 3.09. The first-order chi connectivity index (χ1) is 9.71. The summed E-state index contributed by atoms with van der Waals surface area (Å²) in [5.74, 6) is 1.61. The zero-order valence-electron chi connectivity index (χ0n) is 12.3. The van der Waals surface area contributed by atoms with Gasteiger partial charge in [-0.1, -0.05) is 19.4 Å². The fraction of sp³-hybridized carbons (Fsp3) is 0.600. The number of pyridine rings is 1. The second-order valence-electron chi connectivity index (χ2n) is 5.80. The van der Waals surface area contributed by atoms with Crippen LogP contribution in [0.25, 0.3) is 5.65 Å². The molecule has 1 saturated heterocycles. The molecule has 1 aliphatic rings. The van der Waals surface area contributed by atoms with Gasteiger partial charge in [-0.05, 0) is 37.3 Å². The number of nitrogens with zero attached hydrogens (tertiary/aromatic N) is 4. The van der Waals surface area contributed by atoms with Crippen LogP contribution in [0.1, 0.15) is 31.7 Å². The summed E-state index contributed by atoms with van der Waals surface area (Å²) < 4.78 is 1.87. The highest BCUT2D eigenvalue weighted by Gasteiger charge is 2.29. The number of aryl methyl sites for hydroxylation is 1. The summed E-state index contributed by atoms with van der Waals surface area (Å²) in [6, 6.07) is 4.45. The number of hydrogen-bond donors (Lipinski definition) is 1. The van der Waals surface area contributed by atoms with E-state index in [0.29, 0.717) is 12.6 Å². The van der Waals surface area contributed by atoms with Crippen molar-refractivity contribution < 1.29 is 0 Å². The predicted molar refractivity (Wildman–Crippen MR) is 80.9 cm³/mol. The Balaban J connectivity index is 1.89. The van der Waals surface area contributed by atoms with Crippen molar-refractivity contribution in [2.45, 2.75) is 39.2 Å². The van der Waals surface area contributed by atoms with Crippen molar-refractivity contribution >= 4 is 11.6 Å². The van der Waals surface area contributed by atoms with Crippen molar-refractivity contribution in [3.8, 4) is 0 Å². The molecule has 0 radical (unpaired) electrons. The lowest BCUT2D eigenvalue weighted by Crippen LogP contribution is -2.47. The molecular formula is C15H23N5. The molecule has 0 spiro atoms. The lowest BCUT2D eigenvalue weighted by atomic mass is 9.89. The normalized spacial score (nSPS) is 23.4. The van der Waals surface area contributed by atoms with Crippen LogP contribution in [-0.2, 0) is 0 Å². The minimum atomic E-state index is 0.368. The van der Waals surface area contributed by atoms with Crippen LogP contribution in [0.2, 0.25) is 0 Å². The summed E-state index contributed by atoms with van der Waals surface area (Å²) in [6.07, 6.45) is 5.62. The molecule has 5 heteroatoms. The predicted octanol–water partition coefficient (Wildman–Crippen LogP) is 1.99. The molecule has 3 heterocycles. The van der Waals surface area contributed by atoms with Gasteiger partial charge in [-0.15, -0.1) is 5.10 Å². The van der Waals surface area contributed by atoms with Crippen molar-refractivity contribution in [3.63, 3.8) is 0 Å². The number of nitrogens with two attached hydrogens (primary N) is 1. The second kappa shape index (κ2) is 5.40. The van der Waals surface area contributed by atoms with E-state index in [1.54, 1.807) is 0 Å². The highest BCUT2D eigenvalue weighted by molar-refractivity contribution is 5.46. The molecule has 0 saturated carbocycles. The molecular weight excluding hydrogens is 250 g/mol. The highest BCUT2D eigenvalue weighted by Crippen LogP contribution is 2.27. The SMILES string of the molecule is CCC1CCN(c2nc3ccc(C)cn3n2)C(CN)C1. The lowest BCUT2D eigenvalue weighted by molar-refractivity contribution is 0.333. The Morgan fingerprint density at radius 3 is 3.00 bits per heavy atom. The number of anilines is 1. The zero-order valence-corrected chi connectivity index (χ0v) is 12.3. The average molecular weight is 273 g/mol. The molecule has 2 aromatic heterocycles. The van der Waals surface area contributed by atoms with E-state index in [1.807, 2.05) is 16.8 Å². The van der Waals surface area contributed by atoms with E-state index >= 15 is 0 Å². The first kappa shape index (κ1) is 13.4. The van der Waals surface area contributed by atoms with Crippen molar-refractivity contribution in [3.05, 3.63) is 23.9 Å². The van der Waals surface area contributed by atoms with Gasteiger partial charge in [-0.3, -0.25) is 0 Å². The van der Waals surface area contributed by atoms with Crippen molar-refractivity contribution in [1.82, 2.24) is 14.6 Å². The first-order valence-electron chi connectivity index (χ1n) is 7.51. The van der Waals surface area contributed by atoms with Crippen LogP contribution in [0, 0.1) is 12.8 Å². The summed E-state index contributed by atoms with van der Waals surface area (Å²) >= 11 is 0. The molecule has 2 N–H and O–H groups in total. The zero-order chi connectivity index (χ0) is 14.1. The van der Waals surface area contributed by atoms with Crippen LogP contribution in [-0.4, -0.2) is 33.7 Å². The van der Waals surface area contributed by atoms with E-state index < -0.39 is 0 Å². The van der Waals surface area contributed by atoms with Crippen LogP contribution in [0.15, 0.2) is 18.3 Å². The van der Waals surface area contributed by atoms with Gasteiger partial charge in [-0.2, -0.15) is 4.98 Å². The van der Waals surface area contributed by atoms with Gasteiger partial charge in [-0.25, -0.2) is 4.52 Å². The van der Waals surface area contributed by atoms with E-state index in [-0.39, 0.29) is 0 Å². The molecule has 2 aromatic rings. The van der Waals surface area contributed by atoms with E-state index in [2.05, 4.69) is 34.9 Å². The molecule has 5 nitrogen and oxygen atoms in total. The third-order valence-corrected chi connectivity index (χ3v) is 4.40. The molecule has 1 aliphatic heterocycles. The summed E-state index contributed by atoms with van der Waals surface area (Å²) in [6.45, 7) is 6.01. The summed E-state index contributed by atoms with van der Waals surface area (Å²) in [7, 11) is 0. The maximum atomic E-state index is 5.96. The van der Waals surface area contributed by atoms with E-state index in [9.17, 15) is 0 Å². The van der Waals surface area contributed by atoms with E-state index in [0.717, 1.165) is 30.5 Å². The molecule has 20 heavy (non-hydrogen) atoms. The van der Waals surface area contributed by atoms with Crippen LogP contribution in [0.4, 0.5) is 5.95 Å². The maximum Gasteiger partial charge on any atom is 0.245 e. The van der Waals surface area contributed by atoms with Crippen molar-refractivity contribution in [2.24, 2.45) is 11.7 Å². The summed E-state index contributed by atoms with van der Waals surface area (Å²) in [4.78, 5) is 6.93. The van der Waals surface area contributed by atoms with Crippen molar-refractivity contribution in [2.75, 3.05) is 18.0 Å². The molecule has 0 aromatic carbocycles. The Labute approximate surface area is 119 Å². The molecule has 1 fully saturated rings. The smallest absolute Gasteiger partial charge is 0.245 e. The Hall–Kier alpha value is -1.62. The quantitative estimate of drug-likeness (QED) is 0.929. The van der Waals surface area contributed by atoms with Gasteiger partial charge in [0.25, 0.3) is 0 Å². The average Bonchev–Trinajstić information content (AvgIpc) is 2.89. The van der Waals surface area contributed by atoms with Crippen LogP contribution in [0.3, 0.4) is 0 Å². The second-order valence-corrected chi connectivity index (χ2v) is 5.80. The van der Waals surface area contributed by atoms with Gasteiger partial charge in [0.15, 0.2) is 5.65 Å². The topological polar surface area (TPSA) is 59.5 Å². The standard InChI is InChI=1S/C15H23N5/c1-3-12-6-7-19(13(8-12)9-16)15-17-14-5-4-11(2)10-20(14)18-15/h4-5,10,12-13H,3,6-9,16H2,1-2H3. The number of hydrogen-bond acceptors (Lipinski definition) is 4. The van der Waals surface area contributed by atoms with Gasteiger partial charge < -0.3 is 10.6 Å². The van der Waals surface area contributed by atoms with Crippen LogP contribution in [0.5, 0.6) is 0 Å². The monoisotopic (exact) mass is 273 g/mol. The number of piperidine rings is 1.